The minimum atomic E-state index is -0.541. The van der Waals surface area contributed by atoms with E-state index in [1.165, 1.54) is 0 Å². The van der Waals surface area contributed by atoms with Gasteiger partial charge in [-0.2, -0.15) is 4.91 Å². The maximum absolute atomic E-state index is 10.5. The molecule has 1 spiro atoms. The lowest BCUT2D eigenvalue weighted by atomic mass is 9.85. The molecule has 130 valence electrons. The van der Waals surface area contributed by atoms with Crippen molar-refractivity contribution in [3.05, 3.63) is 76.7 Å². The van der Waals surface area contributed by atoms with Crippen LogP contribution in [0.1, 0.15) is 49.0 Å². The minimum Gasteiger partial charge on any atom is -0.339 e. The number of benzene rings is 2. The van der Waals surface area contributed by atoms with Crippen LogP contribution in [0.4, 0.5) is 0 Å². The van der Waals surface area contributed by atoms with Crippen LogP contribution >= 0.6 is 0 Å². The van der Waals surface area contributed by atoms with Gasteiger partial charge in [-0.1, -0.05) is 65.8 Å². The van der Waals surface area contributed by atoms with Crippen LogP contribution in [-0.2, 0) is 9.47 Å². The zero-order valence-electron chi connectivity index (χ0n) is 14.2. The van der Waals surface area contributed by atoms with Crippen LogP contribution in [-0.4, -0.2) is 12.3 Å². The molecule has 0 bridgehead atoms. The first-order chi connectivity index (χ1) is 12.3. The number of rotatable bonds is 4. The van der Waals surface area contributed by atoms with Gasteiger partial charge in [0.2, 0.25) is 0 Å². The molecule has 1 aliphatic carbocycles. The molecule has 2 atom stereocenters. The van der Waals surface area contributed by atoms with Gasteiger partial charge < -0.3 is 9.47 Å². The summed E-state index contributed by atoms with van der Waals surface area (Å²) in [6.45, 7) is 0.403. The van der Waals surface area contributed by atoms with Crippen molar-refractivity contribution in [3.63, 3.8) is 0 Å². The van der Waals surface area contributed by atoms with Gasteiger partial charge in [-0.05, 0) is 29.9 Å². The summed E-state index contributed by atoms with van der Waals surface area (Å²) in [5.41, 5.74) is 2.29. The predicted molar refractivity (Wildman–Crippen MR) is 95.9 cm³/mol. The van der Waals surface area contributed by atoms with Crippen molar-refractivity contribution in [2.24, 2.45) is 11.1 Å². The lowest BCUT2D eigenvalue weighted by Gasteiger charge is -2.35. The molecule has 0 aromatic heterocycles. The molecule has 2 aromatic rings. The highest BCUT2D eigenvalue weighted by Gasteiger charge is 2.50. The average Bonchev–Trinajstić information content (AvgIpc) is 3.05. The van der Waals surface area contributed by atoms with E-state index in [9.17, 15) is 4.91 Å². The predicted octanol–water partition coefficient (Wildman–Crippen LogP) is 5.17. The van der Waals surface area contributed by atoms with Gasteiger partial charge in [0.05, 0.1) is 6.54 Å². The number of hydrogen-bond donors (Lipinski definition) is 0. The molecule has 25 heavy (non-hydrogen) atoms. The van der Waals surface area contributed by atoms with E-state index in [4.69, 9.17) is 9.47 Å². The Morgan fingerprint density at radius 1 is 0.840 bits per heavy atom. The molecule has 4 heteroatoms. The van der Waals surface area contributed by atoms with E-state index in [1.807, 2.05) is 36.4 Å². The second-order valence-electron chi connectivity index (χ2n) is 7.06. The van der Waals surface area contributed by atoms with Crippen LogP contribution in [0.3, 0.4) is 0 Å². The lowest BCUT2D eigenvalue weighted by molar-refractivity contribution is -0.200. The Morgan fingerprint density at radius 3 is 1.76 bits per heavy atom. The average molecular weight is 337 g/mol. The van der Waals surface area contributed by atoms with E-state index in [0.29, 0.717) is 12.5 Å². The number of ether oxygens (including phenoxy) is 2. The highest BCUT2D eigenvalue weighted by Crippen LogP contribution is 2.52. The summed E-state index contributed by atoms with van der Waals surface area (Å²) < 4.78 is 13.1. The van der Waals surface area contributed by atoms with Crippen molar-refractivity contribution < 1.29 is 9.47 Å². The third-order valence-corrected chi connectivity index (χ3v) is 5.41. The molecule has 0 unspecified atom stereocenters. The molecule has 0 N–H and O–H groups in total. The Labute approximate surface area is 148 Å². The maximum Gasteiger partial charge on any atom is 0.170 e. The summed E-state index contributed by atoms with van der Waals surface area (Å²) in [6.07, 6.45) is 3.28. The lowest BCUT2D eigenvalue weighted by Crippen LogP contribution is -2.36. The highest BCUT2D eigenvalue weighted by molar-refractivity contribution is 5.26. The third kappa shape index (κ3) is 3.37. The molecule has 2 aromatic carbocycles. The first-order valence-electron chi connectivity index (χ1n) is 9.04. The van der Waals surface area contributed by atoms with E-state index >= 15 is 0 Å². The Kier molecular flexibility index (Phi) is 4.64. The topological polar surface area (TPSA) is 47.9 Å². The maximum atomic E-state index is 10.5. The first-order valence-corrected chi connectivity index (χ1v) is 9.04. The molecule has 4 rings (SSSR count). The SMILES string of the molecule is O=NCC1CCC2(CC1)O[C@@H](c1ccccc1)[C@H](c1ccccc1)O2. The van der Waals surface area contributed by atoms with Crippen molar-refractivity contribution in [2.75, 3.05) is 6.54 Å². The second kappa shape index (κ2) is 7.06. The van der Waals surface area contributed by atoms with Gasteiger partial charge in [0, 0.05) is 12.8 Å². The van der Waals surface area contributed by atoms with Crippen molar-refractivity contribution in [2.45, 2.75) is 43.7 Å². The van der Waals surface area contributed by atoms with Crippen LogP contribution in [0.25, 0.3) is 0 Å². The zero-order chi connectivity index (χ0) is 17.1. The number of hydrogen-bond acceptors (Lipinski definition) is 4. The van der Waals surface area contributed by atoms with E-state index in [1.54, 1.807) is 0 Å². The van der Waals surface area contributed by atoms with Crippen LogP contribution in [0.2, 0.25) is 0 Å². The fourth-order valence-corrected chi connectivity index (χ4v) is 4.03. The molecule has 1 saturated heterocycles. The molecule has 1 heterocycles. The van der Waals surface area contributed by atoms with Gasteiger partial charge in [-0.25, -0.2) is 0 Å². The quantitative estimate of drug-likeness (QED) is 0.723. The van der Waals surface area contributed by atoms with E-state index in [0.717, 1.165) is 36.8 Å². The Balaban J connectivity index is 1.60. The van der Waals surface area contributed by atoms with Crippen molar-refractivity contribution in [3.8, 4) is 0 Å². The first kappa shape index (κ1) is 16.4. The van der Waals surface area contributed by atoms with Crippen LogP contribution in [0, 0.1) is 10.8 Å². The van der Waals surface area contributed by atoms with E-state index in [-0.39, 0.29) is 12.2 Å². The highest BCUT2D eigenvalue weighted by atomic mass is 16.8. The van der Waals surface area contributed by atoms with Crippen molar-refractivity contribution in [1.29, 1.82) is 0 Å². The van der Waals surface area contributed by atoms with E-state index in [2.05, 4.69) is 29.4 Å². The zero-order valence-corrected chi connectivity index (χ0v) is 14.2. The van der Waals surface area contributed by atoms with Crippen molar-refractivity contribution in [1.82, 2.24) is 0 Å². The molecule has 1 aliphatic heterocycles. The van der Waals surface area contributed by atoms with Gasteiger partial charge in [-0.15, -0.1) is 0 Å². The molecular weight excluding hydrogens is 314 g/mol. The summed E-state index contributed by atoms with van der Waals surface area (Å²) in [5, 5.41) is 3.07. The van der Waals surface area contributed by atoms with Crippen molar-refractivity contribution >= 4 is 0 Å². The Morgan fingerprint density at radius 2 is 1.32 bits per heavy atom. The molecule has 0 amide bonds. The minimum absolute atomic E-state index is 0.107. The smallest absolute Gasteiger partial charge is 0.170 e. The normalized spacial score (nSPS) is 25.9. The van der Waals surface area contributed by atoms with Crippen LogP contribution < -0.4 is 0 Å². The molecule has 2 fully saturated rings. The van der Waals surface area contributed by atoms with Gasteiger partial charge >= 0.3 is 0 Å². The Hall–Kier alpha value is -2.04. The van der Waals surface area contributed by atoms with Crippen LogP contribution in [0.15, 0.2) is 65.8 Å². The summed E-state index contributed by atoms with van der Waals surface area (Å²) >= 11 is 0. The van der Waals surface area contributed by atoms with Gasteiger partial charge in [-0.3, -0.25) is 0 Å². The number of nitrogens with zero attached hydrogens (tertiary/aromatic N) is 1. The fraction of sp³-hybridized carbons (Fsp3) is 0.429. The summed E-state index contributed by atoms with van der Waals surface area (Å²) in [5.74, 6) is -0.179. The largest absolute Gasteiger partial charge is 0.339 e. The molecule has 4 nitrogen and oxygen atoms in total. The molecule has 1 saturated carbocycles. The molecule has 2 aliphatic rings. The molecular formula is C21H23NO3. The number of nitroso groups, excluding NO2 is 1. The molecule has 0 radical (unpaired) electrons. The second-order valence-corrected chi connectivity index (χ2v) is 7.06. The summed E-state index contributed by atoms with van der Waals surface area (Å²) in [7, 11) is 0. The van der Waals surface area contributed by atoms with Gasteiger partial charge in [0.1, 0.15) is 12.2 Å². The monoisotopic (exact) mass is 337 g/mol. The summed E-state index contributed by atoms with van der Waals surface area (Å²) in [4.78, 5) is 10.5. The fourth-order valence-electron chi connectivity index (χ4n) is 4.03. The van der Waals surface area contributed by atoms with Gasteiger partial charge in [0.25, 0.3) is 0 Å². The summed E-state index contributed by atoms with van der Waals surface area (Å²) in [6, 6.07) is 20.6. The standard InChI is InChI=1S/C21H23NO3/c23-22-15-16-11-13-21(14-12-16)24-19(17-7-3-1-4-8-17)20(25-21)18-9-5-2-6-10-18/h1-10,16,19-20H,11-15H2/t19-,20-/m0/s1. The van der Waals surface area contributed by atoms with E-state index < -0.39 is 5.79 Å². The van der Waals surface area contributed by atoms with Gasteiger partial charge in [0.15, 0.2) is 5.79 Å². The Bertz CT molecular complexity index is 646. The third-order valence-electron chi connectivity index (χ3n) is 5.41. The van der Waals surface area contributed by atoms with Crippen LogP contribution in [0.5, 0.6) is 0 Å².